The average molecular weight is 246 g/mol. The van der Waals surface area contributed by atoms with Crippen LogP contribution in [0.5, 0.6) is 0 Å². The third kappa shape index (κ3) is 3.73. The highest BCUT2D eigenvalue weighted by atomic mass is 28.4. The summed E-state index contributed by atoms with van der Waals surface area (Å²) in [6.45, 7) is 5.42. The van der Waals surface area contributed by atoms with E-state index in [0.29, 0.717) is 0 Å². The standard InChI is InChI=1S/C11H13F3OSi/c1-16(2,3)15-10(11(13)14)8-4-6-9(12)7-5-8/h4-7H,1-3H3. The molecule has 1 aromatic carbocycles. The van der Waals surface area contributed by atoms with E-state index in [9.17, 15) is 13.2 Å². The van der Waals surface area contributed by atoms with Crippen LogP contribution < -0.4 is 0 Å². The van der Waals surface area contributed by atoms with Crippen LogP contribution >= 0.6 is 0 Å². The van der Waals surface area contributed by atoms with Gasteiger partial charge in [0.25, 0.3) is 0 Å². The Labute approximate surface area is 93.7 Å². The molecule has 0 unspecified atom stereocenters. The molecule has 1 nitrogen and oxygen atoms in total. The molecule has 0 heterocycles. The fourth-order valence-corrected chi connectivity index (χ4v) is 1.92. The summed E-state index contributed by atoms with van der Waals surface area (Å²) in [5.74, 6) is -0.908. The van der Waals surface area contributed by atoms with Gasteiger partial charge >= 0.3 is 6.08 Å². The van der Waals surface area contributed by atoms with Crippen LogP contribution in [0.25, 0.3) is 5.76 Å². The normalized spacial score (nSPS) is 11.1. The Hall–Kier alpha value is -1.23. The quantitative estimate of drug-likeness (QED) is 0.572. The zero-order chi connectivity index (χ0) is 12.3. The van der Waals surface area contributed by atoms with Crippen LogP contribution in [-0.4, -0.2) is 8.32 Å². The van der Waals surface area contributed by atoms with Gasteiger partial charge in [-0.3, -0.25) is 0 Å². The fraction of sp³-hybridized carbons (Fsp3) is 0.273. The molecule has 0 aliphatic heterocycles. The lowest BCUT2D eigenvalue weighted by Crippen LogP contribution is -2.24. The Morgan fingerprint density at radius 3 is 1.94 bits per heavy atom. The minimum atomic E-state index is -2.11. The van der Waals surface area contributed by atoms with Crippen molar-refractivity contribution < 1.29 is 17.6 Å². The molecule has 5 heteroatoms. The zero-order valence-electron chi connectivity index (χ0n) is 9.35. The summed E-state index contributed by atoms with van der Waals surface area (Å²) >= 11 is 0. The lowest BCUT2D eigenvalue weighted by Gasteiger charge is -2.21. The molecule has 0 aromatic heterocycles. The van der Waals surface area contributed by atoms with Crippen LogP contribution in [0.1, 0.15) is 5.56 Å². The molecule has 0 bridgehead atoms. The summed E-state index contributed by atoms with van der Waals surface area (Å²) in [6.07, 6.45) is -1.88. The lowest BCUT2D eigenvalue weighted by atomic mass is 10.2. The SMILES string of the molecule is C[Si](C)(C)OC(=C(F)F)c1ccc(F)cc1. The van der Waals surface area contributed by atoms with Crippen molar-refractivity contribution in [1.29, 1.82) is 0 Å². The molecule has 0 aliphatic rings. The van der Waals surface area contributed by atoms with E-state index in [4.69, 9.17) is 4.43 Å². The highest BCUT2D eigenvalue weighted by Gasteiger charge is 2.22. The summed E-state index contributed by atoms with van der Waals surface area (Å²) in [5.41, 5.74) is 0.198. The van der Waals surface area contributed by atoms with Gasteiger partial charge in [-0.2, -0.15) is 8.78 Å². The monoisotopic (exact) mass is 246 g/mol. The summed E-state index contributed by atoms with van der Waals surface area (Å²) in [7, 11) is -2.11. The summed E-state index contributed by atoms with van der Waals surface area (Å²) in [4.78, 5) is 0. The molecule has 1 aromatic rings. The lowest BCUT2D eigenvalue weighted by molar-refractivity contribution is 0.384. The summed E-state index contributed by atoms with van der Waals surface area (Å²) in [6, 6.07) is 4.83. The molecule has 0 radical (unpaired) electrons. The summed E-state index contributed by atoms with van der Waals surface area (Å²) < 4.78 is 43.3. The fourth-order valence-electron chi connectivity index (χ4n) is 1.11. The first-order chi connectivity index (χ1) is 7.29. The van der Waals surface area contributed by atoms with Crippen molar-refractivity contribution in [2.75, 3.05) is 0 Å². The minimum Gasteiger partial charge on any atom is -0.540 e. The molecule has 0 atom stereocenters. The van der Waals surface area contributed by atoms with E-state index in [1.54, 1.807) is 19.6 Å². The van der Waals surface area contributed by atoms with Gasteiger partial charge in [-0.1, -0.05) is 0 Å². The third-order valence-electron chi connectivity index (χ3n) is 1.69. The number of rotatable bonds is 3. The van der Waals surface area contributed by atoms with Crippen LogP contribution in [0, 0.1) is 5.82 Å². The van der Waals surface area contributed by atoms with Crippen molar-refractivity contribution in [3.63, 3.8) is 0 Å². The smallest absolute Gasteiger partial charge is 0.311 e. The molecule has 0 fully saturated rings. The van der Waals surface area contributed by atoms with Gasteiger partial charge in [-0.25, -0.2) is 4.39 Å². The van der Waals surface area contributed by atoms with Gasteiger partial charge in [0.2, 0.25) is 8.32 Å². The summed E-state index contributed by atoms with van der Waals surface area (Å²) in [5, 5.41) is 0. The number of halogens is 3. The van der Waals surface area contributed by atoms with Crippen molar-refractivity contribution in [3.05, 3.63) is 41.7 Å². The molecule has 1 rings (SSSR count). The molecule has 16 heavy (non-hydrogen) atoms. The van der Waals surface area contributed by atoms with E-state index in [1.165, 1.54) is 12.1 Å². The molecule has 0 N–H and O–H groups in total. The van der Waals surface area contributed by atoms with E-state index in [0.717, 1.165) is 12.1 Å². The maximum Gasteiger partial charge on any atom is 0.311 e. The van der Waals surface area contributed by atoms with Gasteiger partial charge < -0.3 is 4.43 Å². The molecule has 0 aliphatic carbocycles. The average Bonchev–Trinajstić information content (AvgIpc) is 2.14. The van der Waals surface area contributed by atoms with Gasteiger partial charge in [-0.05, 0) is 43.9 Å². The van der Waals surface area contributed by atoms with Crippen molar-refractivity contribution in [1.82, 2.24) is 0 Å². The molecule has 0 amide bonds. The van der Waals surface area contributed by atoms with Crippen LogP contribution in [0.2, 0.25) is 19.6 Å². The van der Waals surface area contributed by atoms with Crippen molar-refractivity contribution in [2.45, 2.75) is 19.6 Å². The Morgan fingerprint density at radius 1 is 1.06 bits per heavy atom. The molecule has 88 valence electrons. The molecular formula is C11H13F3OSi. The predicted octanol–water partition coefficient (Wildman–Crippen LogP) is 4.24. The number of benzene rings is 1. The van der Waals surface area contributed by atoms with Crippen LogP contribution in [0.3, 0.4) is 0 Å². The third-order valence-corrected chi connectivity index (χ3v) is 2.50. The Balaban J connectivity index is 3.06. The largest absolute Gasteiger partial charge is 0.540 e. The second kappa shape index (κ2) is 4.74. The van der Waals surface area contributed by atoms with E-state index in [-0.39, 0.29) is 5.56 Å². The first-order valence-electron chi connectivity index (χ1n) is 4.80. The Morgan fingerprint density at radius 2 is 1.56 bits per heavy atom. The van der Waals surface area contributed by atoms with Crippen LogP contribution in [0.15, 0.2) is 30.3 Å². The van der Waals surface area contributed by atoms with E-state index in [2.05, 4.69) is 0 Å². The van der Waals surface area contributed by atoms with Gasteiger partial charge in [0.1, 0.15) is 5.82 Å². The minimum absolute atomic E-state index is 0.198. The van der Waals surface area contributed by atoms with Crippen molar-refractivity contribution in [2.24, 2.45) is 0 Å². The molecule has 0 saturated heterocycles. The van der Waals surface area contributed by atoms with E-state index >= 15 is 0 Å². The molecule has 0 spiro atoms. The first-order valence-corrected chi connectivity index (χ1v) is 8.20. The van der Waals surface area contributed by atoms with E-state index in [1.807, 2.05) is 0 Å². The molecular weight excluding hydrogens is 233 g/mol. The second-order valence-electron chi connectivity index (χ2n) is 4.31. The highest BCUT2D eigenvalue weighted by molar-refractivity contribution is 6.70. The maximum atomic E-state index is 12.7. The van der Waals surface area contributed by atoms with Gasteiger partial charge in [0.05, 0.1) is 0 Å². The van der Waals surface area contributed by atoms with Gasteiger partial charge in [0.15, 0.2) is 5.76 Å². The Bertz CT molecular complexity index is 389. The highest BCUT2D eigenvalue weighted by Crippen LogP contribution is 2.26. The van der Waals surface area contributed by atoms with Crippen molar-refractivity contribution >= 4 is 14.1 Å². The van der Waals surface area contributed by atoms with E-state index < -0.39 is 26.0 Å². The second-order valence-corrected chi connectivity index (χ2v) is 8.74. The van der Waals surface area contributed by atoms with Crippen LogP contribution in [-0.2, 0) is 4.43 Å². The maximum absolute atomic E-state index is 12.7. The number of hydrogen-bond acceptors (Lipinski definition) is 1. The topological polar surface area (TPSA) is 9.23 Å². The molecule has 0 saturated carbocycles. The zero-order valence-corrected chi connectivity index (χ0v) is 10.4. The van der Waals surface area contributed by atoms with Gasteiger partial charge in [-0.15, -0.1) is 0 Å². The van der Waals surface area contributed by atoms with Crippen molar-refractivity contribution in [3.8, 4) is 0 Å². The predicted molar refractivity (Wildman–Crippen MR) is 60.0 cm³/mol. The van der Waals surface area contributed by atoms with Gasteiger partial charge in [0, 0.05) is 5.56 Å². The first kappa shape index (κ1) is 12.8. The number of hydrogen-bond donors (Lipinski definition) is 0. The Kier molecular flexibility index (Phi) is 3.80. The van der Waals surface area contributed by atoms with Crippen LogP contribution in [0.4, 0.5) is 13.2 Å².